The van der Waals surface area contributed by atoms with E-state index in [-0.39, 0.29) is 11.7 Å². The number of methoxy groups -OCH3 is 1. The van der Waals surface area contributed by atoms with E-state index in [0.29, 0.717) is 31.2 Å². The Labute approximate surface area is 118 Å². The van der Waals surface area contributed by atoms with Crippen molar-refractivity contribution in [2.24, 2.45) is 5.92 Å². The molecule has 108 valence electrons. The molecule has 2 saturated heterocycles. The SMILES string of the molecule is COc1cc(C)c(C(=O)C2CC3COCC(C2)N3)cn1. The third-order valence-electron chi connectivity index (χ3n) is 4.18. The quantitative estimate of drug-likeness (QED) is 0.844. The van der Waals surface area contributed by atoms with E-state index in [0.717, 1.165) is 24.0 Å². The average Bonchev–Trinajstić information content (AvgIpc) is 2.46. The number of fused-ring (bicyclic) bond motifs is 2. The van der Waals surface area contributed by atoms with Gasteiger partial charge in [0, 0.05) is 35.8 Å². The molecule has 3 rings (SSSR count). The second-order valence-electron chi connectivity index (χ2n) is 5.67. The van der Waals surface area contributed by atoms with Crippen molar-refractivity contribution in [1.82, 2.24) is 10.3 Å². The summed E-state index contributed by atoms with van der Waals surface area (Å²) in [7, 11) is 1.58. The molecule has 0 aromatic carbocycles. The number of rotatable bonds is 3. The van der Waals surface area contributed by atoms with E-state index >= 15 is 0 Å². The summed E-state index contributed by atoms with van der Waals surface area (Å²) >= 11 is 0. The van der Waals surface area contributed by atoms with Crippen molar-refractivity contribution in [2.75, 3.05) is 20.3 Å². The Bertz CT molecular complexity index is 506. The van der Waals surface area contributed by atoms with Crippen LogP contribution < -0.4 is 10.1 Å². The minimum absolute atomic E-state index is 0.0732. The second-order valence-corrected chi connectivity index (χ2v) is 5.67. The Kier molecular flexibility index (Phi) is 3.72. The Balaban J connectivity index is 1.78. The van der Waals surface area contributed by atoms with Gasteiger partial charge in [0.1, 0.15) is 0 Å². The maximum Gasteiger partial charge on any atom is 0.213 e. The summed E-state index contributed by atoms with van der Waals surface area (Å²) in [6, 6.07) is 2.43. The number of ketones is 1. The molecule has 1 aromatic rings. The van der Waals surface area contributed by atoms with Gasteiger partial charge in [-0.25, -0.2) is 4.98 Å². The largest absolute Gasteiger partial charge is 0.481 e. The van der Waals surface area contributed by atoms with Gasteiger partial charge in [-0.05, 0) is 25.3 Å². The molecule has 1 N–H and O–H groups in total. The standard InChI is InChI=1S/C15H20N2O3/c1-9-3-14(19-2)16-6-13(9)15(18)10-4-11-7-20-8-12(5-10)17-11/h3,6,10-12,17H,4-5,7-8H2,1-2H3. The topological polar surface area (TPSA) is 60.5 Å². The van der Waals surface area contributed by atoms with Gasteiger partial charge in [0.05, 0.1) is 20.3 Å². The van der Waals surface area contributed by atoms with Crippen LogP contribution in [0.4, 0.5) is 0 Å². The fourth-order valence-corrected chi connectivity index (χ4v) is 3.17. The first kappa shape index (κ1) is 13.5. The third-order valence-corrected chi connectivity index (χ3v) is 4.18. The summed E-state index contributed by atoms with van der Waals surface area (Å²) < 4.78 is 10.6. The van der Waals surface area contributed by atoms with Gasteiger partial charge >= 0.3 is 0 Å². The smallest absolute Gasteiger partial charge is 0.213 e. The van der Waals surface area contributed by atoms with Crippen LogP contribution in [0.2, 0.25) is 0 Å². The Morgan fingerprint density at radius 2 is 2.10 bits per heavy atom. The normalized spacial score (nSPS) is 29.0. The van der Waals surface area contributed by atoms with Gasteiger partial charge in [-0.3, -0.25) is 4.79 Å². The van der Waals surface area contributed by atoms with Gasteiger partial charge in [0.25, 0.3) is 0 Å². The third kappa shape index (κ3) is 2.55. The molecule has 0 spiro atoms. The van der Waals surface area contributed by atoms with Crippen molar-refractivity contribution in [2.45, 2.75) is 31.8 Å². The van der Waals surface area contributed by atoms with Crippen LogP contribution in [0.3, 0.4) is 0 Å². The zero-order chi connectivity index (χ0) is 14.1. The van der Waals surface area contributed by atoms with Crippen LogP contribution in [0.25, 0.3) is 0 Å². The number of aromatic nitrogens is 1. The predicted octanol–water partition coefficient (Wildman–Crippen LogP) is 1.35. The summed E-state index contributed by atoms with van der Waals surface area (Å²) in [5, 5.41) is 3.51. The maximum absolute atomic E-state index is 12.7. The van der Waals surface area contributed by atoms with E-state index < -0.39 is 0 Å². The maximum atomic E-state index is 12.7. The van der Waals surface area contributed by atoms with Crippen molar-refractivity contribution in [1.29, 1.82) is 0 Å². The molecule has 1 aromatic heterocycles. The monoisotopic (exact) mass is 276 g/mol. The zero-order valence-electron chi connectivity index (χ0n) is 11.9. The van der Waals surface area contributed by atoms with Crippen LogP contribution in [-0.2, 0) is 4.74 Å². The van der Waals surface area contributed by atoms with Crippen LogP contribution >= 0.6 is 0 Å². The van der Waals surface area contributed by atoms with Crippen molar-refractivity contribution >= 4 is 5.78 Å². The molecule has 0 aliphatic carbocycles. The first-order valence-electron chi connectivity index (χ1n) is 7.06. The highest BCUT2D eigenvalue weighted by molar-refractivity contribution is 5.99. The second kappa shape index (κ2) is 5.50. The molecular weight excluding hydrogens is 256 g/mol. The van der Waals surface area contributed by atoms with Gasteiger partial charge in [-0.2, -0.15) is 0 Å². The minimum Gasteiger partial charge on any atom is -0.481 e. The van der Waals surface area contributed by atoms with Crippen LogP contribution in [0.15, 0.2) is 12.3 Å². The molecule has 5 nitrogen and oxygen atoms in total. The van der Waals surface area contributed by atoms with Crippen LogP contribution in [0, 0.1) is 12.8 Å². The molecule has 0 radical (unpaired) electrons. The highest BCUT2D eigenvalue weighted by Crippen LogP contribution is 2.28. The van der Waals surface area contributed by atoms with Crippen LogP contribution in [0.1, 0.15) is 28.8 Å². The molecule has 0 amide bonds. The number of carbonyl (C=O) groups excluding carboxylic acids is 1. The predicted molar refractivity (Wildman–Crippen MR) is 74.1 cm³/mol. The molecule has 2 aliphatic heterocycles. The molecule has 2 aliphatic rings. The van der Waals surface area contributed by atoms with Gasteiger partial charge < -0.3 is 14.8 Å². The van der Waals surface area contributed by atoms with Crippen molar-refractivity contribution < 1.29 is 14.3 Å². The van der Waals surface area contributed by atoms with Gasteiger partial charge in [-0.1, -0.05) is 0 Å². The Morgan fingerprint density at radius 3 is 2.70 bits per heavy atom. The number of piperidine rings is 1. The number of pyridine rings is 1. The number of hydrogen-bond donors (Lipinski definition) is 1. The lowest BCUT2D eigenvalue weighted by molar-refractivity contribution is 0.00951. The highest BCUT2D eigenvalue weighted by Gasteiger charge is 2.35. The minimum atomic E-state index is 0.0732. The van der Waals surface area contributed by atoms with Crippen LogP contribution in [0.5, 0.6) is 5.88 Å². The van der Waals surface area contributed by atoms with E-state index in [1.807, 2.05) is 13.0 Å². The van der Waals surface area contributed by atoms with E-state index in [2.05, 4.69) is 10.3 Å². The highest BCUT2D eigenvalue weighted by atomic mass is 16.5. The molecule has 2 bridgehead atoms. The summed E-state index contributed by atoms with van der Waals surface area (Å²) in [6.45, 7) is 3.35. The van der Waals surface area contributed by atoms with E-state index in [1.165, 1.54) is 0 Å². The van der Waals surface area contributed by atoms with E-state index in [4.69, 9.17) is 9.47 Å². The molecule has 2 fully saturated rings. The molecule has 5 heteroatoms. The summed E-state index contributed by atoms with van der Waals surface area (Å²) in [5.41, 5.74) is 1.65. The average molecular weight is 276 g/mol. The molecule has 0 saturated carbocycles. The van der Waals surface area contributed by atoms with Crippen LogP contribution in [-0.4, -0.2) is 43.2 Å². The number of hydrogen-bond acceptors (Lipinski definition) is 5. The number of ether oxygens (including phenoxy) is 2. The van der Waals surface area contributed by atoms with Gasteiger partial charge in [0.15, 0.2) is 5.78 Å². The summed E-state index contributed by atoms with van der Waals surface area (Å²) in [4.78, 5) is 16.9. The fraction of sp³-hybridized carbons (Fsp3) is 0.600. The van der Waals surface area contributed by atoms with E-state index in [1.54, 1.807) is 13.3 Å². The summed E-state index contributed by atoms with van der Waals surface area (Å²) in [5.74, 6) is 0.828. The zero-order valence-corrected chi connectivity index (χ0v) is 11.9. The molecule has 3 heterocycles. The lowest BCUT2D eigenvalue weighted by Gasteiger charge is -2.39. The molecular formula is C15H20N2O3. The first-order valence-corrected chi connectivity index (χ1v) is 7.06. The Morgan fingerprint density at radius 1 is 1.40 bits per heavy atom. The lowest BCUT2D eigenvalue weighted by atomic mass is 9.81. The lowest BCUT2D eigenvalue weighted by Crippen LogP contribution is -2.55. The number of nitrogens with zero attached hydrogens (tertiary/aromatic N) is 1. The number of aryl methyl sites for hydroxylation is 1. The van der Waals surface area contributed by atoms with Gasteiger partial charge in [0.2, 0.25) is 5.88 Å². The molecule has 2 unspecified atom stereocenters. The van der Waals surface area contributed by atoms with Crippen molar-refractivity contribution in [3.05, 3.63) is 23.4 Å². The Hall–Kier alpha value is -1.46. The molecule has 20 heavy (non-hydrogen) atoms. The van der Waals surface area contributed by atoms with Crippen molar-refractivity contribution in [3.8, 4) is 5.88 Å². The first-order chi connectivity index (χ1) is 9.67. The number of carbonyl (C=O) groups is 1. The van der Waals surface area contributed by atoms with E-state index in [9.17, 15) is 4.79 Å². The molecule has 2 atom stereocenters. The van der Waals surface area contributed by atoms with Gasteiger partial charge in [-0.15, -0.1) is 0 Å². The van der Waals surface area contributed by atoms with Crippen molar-refractivity contribution in [3.63, 3.8) is 0 Å². The number of morpholine rings is 1. The summed E-state index contributed by atoms with van der Waals surface area (Å²) in [6.07, 6.45) is 3.34. The fourth-order valence-electron chi connectivity index (χ4n) is 3.17. The number of nitrogens with one attached hydrogen (secondary N) is 1. The number of Topliss-reactive ketones (excluding diaryl/α,β-unsaturated/α-hetero) is 1.